The molecule has 0 atom stereocenters. The van der Waals surface area contributed by atoms with E-state index in [4.69, 9.17) is 4.74 Å². The van der Waals surface area contributed by atoms with Crippen molar-refractivity contribution in [3.05, 3.63) is 89.8 Å². The van der Waals surface area contributed by atoms with E-state index in [0.717, 1.165) is 37.5 Å². The van der Waals surface area contributed by atoms with E-state index >= 15 is 0 Å². The lowest BCUT2D eigenvalue weighted by atomic mass is 10.1. The Bertz CT molecular complexity index is 1080. The molecule has 0 saturated carbocycles. The highest BCUT2D eigenvalue weighted by molar-refractivity contribution is 5.91. The monoisotopic (exact) mass is 448 g/mol. The third-order valence-electron chi connectivity index (χ3n) is 5.65. The van der Waals surface area contributed by atoms with Crippen LogP contribution < -0.4 is 4.74 Å². The molecule has 1 saturated heterocycles. The SMILES string of the molecule is CN(Cc1cccc(OC2CCN(C(=O)/C=C/c3cccc(F)c3)CC2)c1)Cc1ncc[nH]1. The van der Waals surface area contributed by atoms with Crippen molar-refractivity contribution >= 4 is 12.0 Å². The van der Waals surface area contributed by atoms with Gasteiger partial charge in [-0.25, -0.2) is 9.37 Å². The van der Waals surface area contributed by atoms with Crippen molar-refractivity contribution in [2.45, 2.75) is 32.0 Å². The van der Waals surface area contributed by atoms with Gasteiger partial charge < -0.3 is 14.6 Å². The molecule has 7 heteroatoms. The molecule has 1 aliphatic heterocycles. The van der Waals surface area contributed by atoms with Gasteiger partial charge in [0.15, 0.2) is 0 Å². The number of carbonyl (C=O) groups excluding carboxylic acids is 1. The molecule has 1 amide bonds. The Hall–Kier alpha value is -3.45. The highest BCUT2D eigenvalue weighted by atomic mass is 19.1. The van der Waals surface area contributed by atoms with Crippen LogP contribution in [0.4, 0.5) is 4.39 Å². The molecular formula is C26H29FN4O2. The van der Waals surface area contributed by atoms with Crippen molar-refractivity contribution in [3.63, 3.8) is 0 Å². The van der Waals surface area contributed by atoms with Gasteiger partial charge in [0.05, 0.1) is 6.54 Å². The van der Waals surface area contributed by atoms with Crippen molar-refractivity contribution in [1.29, 1.82) is 0 Å². The number of hydrogen-bond donors (Lipinski definition) is 1. The van der Waals surface area contributed by atoms with Gasteiger partial charge in [0, 0.05) is 50.9 Å². The number of ether oxygens (including phenoxy) is 1. The number of aromatic amines is 1. The van der Waals surface area contributed by atoms with E-state index in [-0.39, 0.29) is 17.8 Å². The predicted molar refractivity (Wildman–Crippen MR) is 126 cm³/mol. The fourth-order valence-corrected chi connectivity index (χ4v) is 3.99. The number of hydrogen-bond acceptors (Lipinski definition) is 4. The Kier molecular flexibility index (Phi) is 7.52. The van der Waals surface area contributed by atoms with Gasteiger partial charge in [-0.1, -0.05) is 24.3 Å². The molecule has 33 heavy (non-hydrogen) atoms. The van der Waals surface area contributed by atoms with E-state index in [1.54, 1.807) is 24.4 Å². The Balaban J connectivity index is 1.25. The molecule has 6 nitrogen and oxygen atoms in total. The summed E-state index contributed by atoms with van der Waals surface area (Å²) in [4.78, 5) is 23.9. The molecule has 0 unspecified atom stereocenters. The third-order valence-corrected chi connectivity index (χ3v) is 5.65. The quantitative estimate of drug-likeness (QED) is 0.523. The van der Waals surface area contributed by atoms with Gasteiger partial charge in [-0.15, -0.1) is 0 Å². The summed E-state index contributed by atoms with van der Waals surface area (Å²) < 4.78 is 19.5. The number of rotatable bonds is 8. The van der Waals surface area contributed by atoms with Crippen LogP contribution in [0, 0.1) is 5.82 Å². The lowest BCUT2D eigenvalue weighted by molar-refractivity contribution is -0.127. The van der Waals surface area contributed by atoms with Gasteiger partial charge in [-0.3, -0.25) is 9.69 Å². The summed E-state index contributed by atoms with van der Waals surface area (Å²) in [6.45, 7) is 2.83. The van der Waals surface area contributed by atoms with Crippen molar-refractivity contribution in [1.82, 2.24) is 19.8 Å². The molecule has 1 aliphatic rings. The van der Waals surface area contributed by atoms with Gasteiger partial charge in [-0.05, 0) is 48.5 Å². The van der Waals surface area contributed by atoms with Crippen LogP contribution in [0.5, 0.6) is 5.75 Å². The van der Waals surface area contributed by atoms with Crippen molar-refractivity contribution < 1.29 is 13.9 Å². The fourth-order valence-electron chi connectivity index (χ4n) is 3.99. The Morgan fingerprint density at radius 3 is 2.79 bits per heavy atom. The molecule has 4 rings (SSSR count). The summed E-state index contributed by atoms with van der Waals surface area (Å²) in [7, 11) is 2.06. The largest absolute Gasteiger partial charge is 0.490 e. The van der Waals surface area contributed by atoms with E-state index in [1.807, 2.05) is 23.2 Å². The number of benzene rings is 2. The number of nitrogens with zero attached hydrogens (tertiary/aromatic N) is 3. The highest BCUT2D eigenvalue weighted by Gasteiger charge is 2.23. The van der Waals surface area contributed by atoms with E-state index in [9.17, 15) is 9.18 Å². The molecular weight excluding hydrogens is 419 g/mol. The van der Waals surface area contributed by atoms with E-state index < -0.39 is 0 Å². The maximum Gasteiger partial charge on any atom is 0.246 e. The summed E-state index contributed by atoms with van der Waals surface area (Å²) in [6.07, 6.45) is 8.40. The molecule has 0 radical (unpaired) electrons. The summed E-state index contributed by atoms with van der Waals surface area (Å²) in [5.41, 5.74) is 1.85. The van der Waals surface area contributed by atoms with E-state index in [1.165, 1.54) is 23.8 Å². The summed E-state index contributed by atoms with van der Waals surface area (Å²) in [5, 5.41) is 0. The molecule has 0 aliphatic carbocycles. The molecule has 2 aromatic carbocycles. The zero-order chi connectivity index (χ0) is 23.0. The number of aromatic nitrogens is 2. The number of halogens is 1. The van der Waals surface area contributed by atoms with Gasteiger partial charge >= 0.3 is 0 Å². The number of H-pyrrole nitrogens is 1. The van der Waals surface area contributed by atoms with Crippen LogP contribution in [0.3, 0.4) is 0 Å². The Morgan fingerprint density at radius 1 is 1.21 bits per heavy atom. The van der Waals surface area contributed by atoms with Crippen molar-refractivity contribution in [2.75, 3.05) is 20.1 Å². The normalized spacial score (nSPS) is 14.8. The first-order chi connectivity index (χ1) is 16.0. The molecule has 1 N–H and O–H groups in total. The zero-order valence-electron chi connectivity index (χ0n) is 18.8. The highest BCUT2D eigenvalue weighted by Crippen LogP contribution is 2.21. The molecule has 1 aromatic heterocycles. The first-order valence-corrected chi connectivity index (χ1v) is 11.2. The second kappa shape index (κ2) is 10.9. The first kappa shape index (κ1) is 22.7. The van der Waals surface area contributed by atoms with Gasteiger partial charge in [0.2, 0.25) is 5.91 Å². The van der Waals surface area contributed by atoms with Crippen LogP contribution in [0.25, 0.3) is 6.08 Å². The number of imidazole rings is 1. The van der Waals surface area contributed by atoms with Crippen LogP contribution >= 0.6 is 0 Å². The van der Waals surface area contributed by atoms with Crippen LogP contribution in [0.2, 0.25) is 0 Å². The van der Waals surface area contributed by atoms with E-state index in [2.05, 4.69) is 34.0 Å². The zero-order valence-corrected chi connectivity index (χ0v) is 18.8. The first-order valence-electron chi connectivity index (χ1n) is 11.2. The number of carbonyl (C=O) groups is 1. The van der Waals surface area contributed by atoms with Crippen LogP contribution in [-0.4, -0.2) is 51.9 Å². The summed E-state index contributed by atoms with van der Waals surface area (Å²) in [6, 6.07) is 14.4. The van der Waals surface area contributed by atoms with Gasteiger partial charge in [0.25, 0.3) is 0 Å². The summed E-state index contributed by atoms with van der Waals surface area (Å²) >= 11 is 0. The number of nitrogens with one attached hydrogen (secondary N) is 1. The molecule has 2 heterocycles. The van der Waals surface area contributed by atoms with Crippen LogP contribution in [0.1, 0.15) is 29.8 Å². The molecule has 3 aromatic rings. The van der Waals surface area contributed by atoms with Gasteiger partial charge in [0.1, 0.15) is 23.5 Å². The minimum atomic E-state index is -0.309. The maximum atomic E-state index is 13.3. The average molecular weight is 449 g/mol. The van der Waals surface area contributed by atoms with Crippen molar-refractivity contribution in [3.8, 4) is 5.75 Å². The number of piperidine rings is 1. The third kappa shape index (κ3) is 6.76. The summed E-state index contributed by atoms with van der Waals surface area (Å²) in [5.74, 6) is 1.43. The minimum absolute atomic E-state index is 0.0562. The van der Waals surface area contributed by atoms with Crippen molar-refractivity contribution in [2.24, 2.45) is 0 Å². The van der Waals surface area contributed by atoms with Crippen LogP contribution in [0.15, 0.2) is 67.0 Å². The standard InChI is InChI=1S/C26H29FN4O2/c1-30(19-25-28-12-13-29-25)18-21-5-3-7-24(17-21)33-23-10-14-31(15-11-23)26(32)9-8-20-4-2-6-22(27)16-20/h2-9,12-13,16-17,23H,10-11,14-15,18-19H2,1H3,(H,28,29)/b9-8+. The topological polar surface area (TPSA) is 61.5 Å². The number of likely N-dealkylation sites (tertiary alicyclic amines) is 1. The molecule has 0 spiro atoms. The second-order valence-corrected chi connectivity index (χ2v) is 8.39. The molecule has 172 valence electrons. The molecule has 1 fully saturated rings. The lowest BCUT2D eigenvalue weighted by Gasteiger charge is -2.31. The Morgan fingerprint density at radius 2 is 2.03 bits per heavy atom. The van der Waals surface area contributed by atoms with Gasteiger partial charge in [-0.2, -0.15) is 0 Å². The molecule has 0 bridgehead atoms. The van der Waals surface area contributed by atoms with Crippen LogP contribution in [-0.2, 0) is 17.9 Å². The Labute approximate surface area is 193 Å². The average Bonchev–Trinajstić information content (AvgIpc) is 3.31. The second-order valence-electron chi connectivity index (χ2n) is 8.39. The predicted octanol–water partition coefficient (Wildman–Crippen LogP) is 4.26. The van der Waals surface area contributed by atoms with E-state index in [0.29, 0.717) is 18.7 Å². The minimum Gasteiger partial charge on any atom is -0.490 e. The maximum absolute atomic E-state index is 13.3. The number of amides is 1. The lowest BCUT2D eigenvalue weighted by Crippen LogP contribution is -2.41. The fraction of sp³-hybridized carbons (Fsp3) is 0.308. The smallest absolute Gasteiger partial charge is 0.246 e.